The monoisotopic (exact) mass is 425 g/mol. The number of rotatable bonds is 10. The quantitative estimate of drug-likeness (QED) is 0.475. The first-order chi connectivity index (χ1) is 15.1. The van der Waals surface area contributed by atoms with Gasteiger partial charge < -0.3 is 19.1 Å². The largest absolute Gasteiger partial charge is 0.383 e. The first kappa shape index (κ1) is 22.5. The van der Waals surface area contributed by atoms with E-state index in [2.05, 4.69) is 10.1 Å². The Labute approximate surface area is 182 Å². The highest BCUT2D eigenvalue weighted by molar-refractivity contribution is 5.94. The molecule has 0 N–H and O–H groups in total. The Morgan fingerprint density at radius 3 is 2.35 bits per heavy atom. The number of methoxy groups -OCH3 is 1. The standard InChI is InChI=1S/C24H28FN3O3/c1-4-27(5-2)24-21(22(26-31-24)18-11-13-20(25)14-12-18)17-28(15-16-30-3)23(29)19-9-7-6-8-10-19/h6-14H,4-5,15-17H2,1-3H3. The summed E-state index contributed by atoms with van der Waals surface area (Å²) in [6, 6.07) is 15.3. The average molecular weight is 426 g/mol. The third kappa shape index (κ3) is 5.30. The summed E-state index contributed by atoms with van der Waals surface area (Å²) in [5.41, 5.74) is 2.72. The molecule has 0 unspecified atom stereocenters. The number of hydrogen-bond donors (Lipinski definition) is 0. The molecule has 164 valence electrons. The number of carbonyl (C=O) groups excluding carboxylic acids is 1. The molecule has 0 saturated heterocycles. The van der Waals surface area contributed by atoms with Gasteiger partial charge in [-0.25, -0.2) is 4.39 Å². The highest BCUT2D eigenvalue weighted by Crippen LogP contribution is 2.33. The van der Waals surface area contributed by atoms with E-state index in [-0.39, 0.29) is 11.7 Å². The Morgan fingerprint density at radius 1 is 1.06 bits per heavy atom. The van der Waals surface area contributed by atoms with Crippen molar-refractivity contribution in [2.24, 2.45) is 0 Å². The van der Waals surface area contributed by atoms with Crippen LogP contribution in [-0.4, -0.2) is 49.3 Å². The maximum atomic E-state index is 13.5. The number of nitrogens with zero attached hydrogens (tertiary/aromatic N) is 3. The Balaban J connectivity index is 2.03. The van der Waals surface area contributed by atoms with Crippen molar-refractivity contribution in [3.8, 4) is 11.3 Å². The second kappa shape index (κ2) is 10.7. The topological polar surface area (TPSA) is 58.8 Å². The number of ether oxygens (including phenoxy) is 1. The zero-order valence-electron chi connectivity index (χ0n) is 18.2. The Kier molecular flexibility index (Phi) is 7.78. The van der Waals surface area contributed by atoms with E-state index < -0.39 is 0 Å². The van der Waals surface area contributed by atoms with Gasteiger partial charge in [-0.1, -0.05) is 23.4 Å². The Morgan fingerprint density at radius 2 is 1.74 bits per heavy atom. The summed E-state index contributed by atoms with van der Waals surface area (Å²) in [5.74, 6) is 0.195. The molecule has 2 aromatic carbocycles. The minimum absolute atomic E-state index is 0.102. The molecular formula is C24H28FN3O3. The van der Waals surface area contributed by atoms with Crippen LogP contribution in [0, 0.1) is 5.82 Å². The molecule has 3 rings (SSSR count). The summed E-state index contributed by atoms with van der Waals surface area (Å²) in [7, 11) is 1.61. The van der Waals surface area contributed by atoms with Crippen LogP contribution in [0.5, 0.6) is 0 Å². The number of carbonyl (C=O) groups is 1. The lowest BCUT2D eigenvalue weighted by molar-refractivity contribution is 0.0681. The van der Waals surface area contributed by atoms with Gasteiger partial charge in [0.05, 0.1) is 18.7 Å². The van der Waals surface area contributed by atoms with Crippen molar-refractivity contribution in [3.05, 3.63) is 71.5 Å². The van der Waals surface area contributed by atoms with E-state index in [9.17, 15) is 9.18 Å². The van der Waals surface area contributed by atoms with Crippen LogP contribution in [0.1, 0.15) is 29.8 Å². The van der Waals surface area contributed by atoms with Crippen LogP contribution in [0.2, 0.25) is 0 Å². The van der Waals surface area contributed by atoms with Crippen molar-refractivity contribution < 1.29 is 18.4 Å². The smallest absolute Gasteiger partial charge is 0.254 e. The van der Waals surface area contributed by atoms with Gasteiger partial charge in [0, 0.05) is 37.9 Å². The summed E-state index contributed by atoms with van der Waals surface area (Å²) in [6.45, 7) is 6.63. The first-order valence-electron chi connectivity index (χ1n) is 10.4. The van der Waals surface area contributed by atoms with Crippen LogP contribution in [-0.2, 0) is 11.3 Å². The Hall–Kier alpha value is -3.19. The fourth-order valence-corrected chi connectivity index (χ4v) is 3.45. The number of hydrogen-bond acceptors (Lipinski definition) is 5. The molecule has 0 aliphatic rings. The summed E-state index contributed by atoms with van der Waals surface area (Å²) in [4.78, 5) is 17.0. The van der Waals surface area contributed by atoms with Crippen molar-refractivity contribution in [1.82, 2.24) is 10.1 Å². The van der Waals surface area contributed by atoms with E-state index in [0.717, 1.165) is 24.2 Å². The van der Waals surface area contributed by atoms with Crippen molar-refractivity contribution in [2.75, 3.05) is 38.3 Å². The van der Waals surface area contributed by atoms with Gasteiger partial charge in [-0.05, 0) is 50.2 Å². The lowest BCUT2D eigenvalue weighted by atomic mass is 10.1. The molecule has 31 heavy (non-hydrogen) atoms. The van der Waals surface area contributed by atoms with E-state index in [1.807, 2.05) is 32.0 Å². The van der Waals surface area contributed by atoms with Crippen LogP contribution in [0.15, 0.2) is 59.1 Å². The number of halogens is 1. The predicted octanol–water partition coefficient (Wildman–Crippen LogP) is 4.62. The number of benzene rings is 2. The van der Waals surface area contributed by atoms with Crippen LogP contribution in [0.4, 0.5) is 10.3 Å². The van der Waals surface area contributed by atoms with E-state index in [4.69, 9.17) is 9.26 Å². The molecule has 0 spiro atoms. The normalized spacial score (nSPS) is 10.8. The van der Waals surface area contributed by atoms with E-state index in [1.165, 1.54) is 12.1 Å². The number of anilines is 1. The van der Waals surface area contributed by atoms with Crippen molar-refractivity contribution in [1.29, 1.82) is 0 Å². The molecule has 0 aliphatic carbocycles. The van der Waals surface area contributed by atoms with Crippen LogP contribution >= 0.6 is 0 Å². The SMILES string of the molecule is CCN(CC)c1onc(-c2ccc(F)cc2)c1CN(CCOC)C(=O)c1ccccc1. The number of amides is 1. The third-order valence-corrected chi connectivity index (χ3v) is 5.16. The fraction of sp³-hybridized carbons (Fsp3) is 0.333. The minimum Gasteiger partial charge on any atom is -0.383 e. The highest BCUT2D eigenvalue weighted by atomic mass is 19.1. The lowest BCUT2D eigenvalue weighted by Crippen LogP contribution is -2.34. The van der Waals surface area contributed by atoms with Gasteiger partial charge in [0.25, 0.3) is 5.91 Å². The van der Waals surface area contributed by atoms with Gasteiger partial charge in [-0.15, -0.1) is 0 Å². The van der Waals surface area contributed by atoms with Gasteiger partial charge in [0.2, 0.25) is 5.88 Å². The zero-order valence-corrected chi connectivity index (χ0v) is 18.2. The maximum absolute atomic E-state index is 13.5. The van der Waals surface area contributed by atoms with Gasteiger partial charge in [0.15, 0.2) is 0 Å². The predicted molar refractivity (Wildman–Crippen MR) is 119 cm³/mol. The molecule has 1 heterocycles. The number of aromatic nitrogens is 1. The van der Waals surface area contributed by atoms with Crippen LogP contribution in [0.25, 0.3) is 11.3 Å². The van der Waals surface area contributed by atoms with Crippen molar-refractivity contribution in [2.45, 2.75) is 20.4 Å². The van der Waals surface area contributed by atoms with Crippen molar-refractivity contribution >= 4 is 11.8 Å². The summed E-state index contributed by atoms with van der Waals surface area (Å²) < 4.78 is 24.4. The molecule has 0 atom stereocenters. The molecule has 0 radical (unpaired) electrons. The van der Waals surface area contributed by atoms with Gasteiger partial charge in [0.1, 0.15) is 11.5 Å². The molecule has 0 saturated carbocycles. The zero-order chi connectivity index (χ0) is 22.2. The molecule has 7 heteroatoms. The molecule has 6 nitrogen and oxygen atoms in total. The lowest BCUT2D eigenvalue weighted by Gasteiger charge is -2.25. The first-order valence-corrected chi connectivity index (χ1v) is 10.4. The molecule has 3 aromatic rings. The summed E-state index contributed by atoms with van der Waals surface area (Å²) in [6.07, 6.45) is 0. The van der Waals surface area contributed by atoms with Gasteiger partial charge >= 0.3 is 0 Å². The second-order valence-corrected chi connectivity index (χ2v) is 7.08. The van der Waals surface area contributed by atoms with E-state index in [1.54, 1.807) is 36.3 Å². The molecule has 0 aliphatic heterocycles. The van der Waals surface area contributed by atoms with Crippen molar-refractivity contribution in [3.63, 3.8) is 0 Å². The Bertz CT molecular complexity index is 969. The molecule has 1 aromatic heterocycles. The average Bonchev–Trinajstić information content (AvgIpc) is 3.21. The summed E-state index contributed by atoms with van der Waals surface area (Å²) in [5, 5.41) is 4.29. The van der Waals surface area contributed by atoms with Gasteiger partial charge in [-0.3, -0.25) is 4.79 Å². The van der Waals surface area contributed by atoms with Gasteiger partial charge in [-0.2, -0.15) is 0 Å². The fourth-order valence-electron chi connectivity index (χ4n) is 3.45. The van der Waals surface area contributed by atoms with Crippen LogP contribution in [0.3, 0.4) is 0 Å². The maximum Gasteiger partial charge on any atom is 0.254 e. The van der Waals surface area contributed by atoms with Crippen LogP contribution < -0.4 is 4.90 Å². The third-order valence-electron chi connectivity index (χ3n) is 5.16. The van der Waals surface area contributed by atoms with E-state index >= 15 is 0 Å². The molecule has 1 amide bonds. The second-order valence-electron chi connectivity index (χ2n) is 7.08. The molecule has 0 fully saturated rings. The summed E-state index contributed by atoms with van der Waals surface area (Å²) >= 11 is 0. The molecular weight excluding hydrogens is 397 g/mol. The highest BCUT2D eigenvalue weighted by Gasteiger charge is 2.26. The molecule has 0 bridgehead atoms. The minimum atomic E-state index is -0.321. The van der Waals surface area contributed by atoms with E-state index in [0.29, 0.717) is 36.8 Å².